The van der Waals surface area contributed by atoms with Gasteiger partial charge in [0.2, 0.25) is 0 Å². The van der Waals surface area contributed by atoms with Gasteiger partial charge in [-0.05, 0) is 25.8 Å². The van der Waals surface area contributed by atoms with Gasteiger partial charge in [0.25, 0.3) is 0 Å². The number of nitrogens with zero attached hydrogens (tertiary/aromatic N) is 1. The summed E-state index contributed by atoms with van der Waals surface area (Å²) in [6.45, 7) is 8.53. The molecule has 0 saturated carbocycles. The predicted molar refractivity (Wildman–Crippen MR) is 61.1 cm³/mol. The lowest BCUT2D eigenvalue weighted by atomic mass is 9.92. The second kappa shape index (κ2) is 3.16. The summed E-state index contributed by atoms with van der Waals surface area (Å²) in [6, 6.07) is 7.20. The van der Waals surface area contributed by atoms with Gasteiger partial charge in [-0.25, -0.2) is 0 Å². The highest BCUT2D eigenvalue weighted by Gasteiger charge is 2.21. The zero-order valence-electron chi connectivity index (χ0n) is 9.17. The van der Waals surface area contributed by atoms with Crippen molar-refractivity contribution in [2.45, 2.75) is 26.3 Å². The van der Waals surface area contributed by atoms with Crippen LogP contribution >= 0.6 is 0 Å². The van der Waals surface area contributed by atoms with Crippen molar-refractivity contribution in [1.29, 1.82) is 0 Å². The Morgan fingerprint density at radius 3 is 2.86 bits per heavy atom. The fraction of sp³-hybridized carbons (Fsp3) is 0.385. The summed E-state index contributed by atoms with van der Waals surface area (Å²) in [6.07, 6.45) is 1.13. The van der Waals surface area contributed by atoms with Crippen molar-refractivity contribution in [1.82, 2.24) is 4.90 Å². The van der Waals surface area contributed by atoms with E-state index in [2.05, 4.69) is 50.6 Å². The van der Waals surface area contributed by atoms with Crippen LogP contribution in [0.25, 0.3) is 5.70 Å². The molecule has 1 heteroatoms. The fourth-order valence-electron chi connectivity index (χ4n) is 2.08. The van der Waals surface area contributed by atoms with Crippen molar-refractivity contribution in [2.75, 3.05) is 7.05 Å². The molecule has 1 aliphatic heterocycles. The maximum absolute atomic E-state index is 4.14. The van der Waals surface area contributed by atoms with E-state index in [1.54, 1.807) is 0 Å². The quantitative estimate of drug-likeness (QED) is 0.603. The highest BCUT2D eigenvalue weighted by molar-refractivity contribution is 5.67. The second-order valence-corrected chi connectivity index (χ2v) is 4.27. The average molecular weight is 187 g/mol. The number of likely N-dealkylation sites (N-methyl/N-ethyl adjacent to an activating group) is 1. The minimum absolute atomic E-state index is 0.566. The lowest BCUT2D eigenvalue weighted by molar-refractivity contribution is 0.357. The normalized spacial score (nSPS) is 20.9. The van der Waals surface area contributed by atoms with Crippen LogP contribution in [0, 0.1) is 6.92 Å². The molecule has 1 aromatic rings. The van der Waals surface area contributed by atoms with E-state index in [9.17, 15) is 0 Å². The van der Waals surface area contributed by atoms with Gasteiger partial charge in [0.15, 0.2) is 0 Å². The van der Waals surface area contributed by atoms with Crippen LogP contribution in [0.1, 0.15) is 23.6 Å². The first-order valence-corrected chi connectivity index (χ1v) is 5.11. The van der Waals surface area contributed by atoms with Crippen LogP contribution in [0.4, 0.5) is 0 Å². The van der Waals surface area contributed by atoms with Gasteiger partial charge in [0, 0.05) is 24.4 Å². The molecular formula is C13H17N. The molecule has 0 amide bonds. The van der Waals surface area contributed by atoms with E-state index in [1.165, 1.54) is 16.7 Å². The van der Waals surface area contributed by atoms with Crippen molar-refractivity contribution in [3.05, 3.63) is 41.5 Å². The molecule has 2 rings (SSSR count). The molecule has 0 bridgehead atoms. The molecule has 0 fully saturated rings. The molecule has 1 unspecified atom stereocenters. The zero-order valence-corrected chi connectivity index (χ0v) is 9.17. The largest absolute Gasteiger partial charge is 0.372 e. The molecule has 1 aromatic carbocycles. The molecule has 0 radical (unpaired) electrons. The number of aryl methyl sites for hydroxylation is 1. The van der Waals surface area contributed by atoms with E-state index in [0.717, 1.165) is 12.1 Å². The molecule has 0 aromatic heterocycles. The van der Waals surface area contributed by atoms with Gasteiger partial charge < -0.3 is 4.90 Å². The van der Waals surface area contributed by atoms with Crippen molar-refractivity contribution >= 4 is 5.70 Å². The smallest absolute Gasteiger partial charge is 0.0369 e. The van der Waals surface area contributed by atoms with E-state index in [4.69, 9.17) is 0 Å². The molecule has 1 atom stereocenters. The molecule has 1 nitrogen and oxygen atoms in total. The second-order valence-electron chi connectivity index (χ2n) is 4.27. The number of fused-ring (bicyclic) bond motifs is 1. The first-order valence-electron chi connectivity index (χ1n) is 5.11. The van der Waals surface area contributed by atoms with Gasteiger partial charge in [0.1, 0.15) is 0 Å². The average Bonchev–Trinajstić information content (AvgIpc) is 2.14. The van der Waals surface area contributed by atoms with Gasteiger partial charge in [-0.15, -0.1) is 0 Å². The molecule has 1 heterocycles. The van der Waals surface area contributed by atoms with Crippen LogP contribution in [0.15, 0.2) is 24.8 Å². The molecule has 1 aliphatic rings. The monoisotopic (exact) mass is 187 g/mol. The zero-order chi connectivity index (χ0) is 10.3. The number of hydrogen-bond donors (Lipinski definition) is 0. The van der Waals surface area contributed by atoms with Crippen molar-refractivity contribution in [2.24, 2.45) is 0 Å². The SMILES string of the molecule is C=C1c2ccc(C)cc2CC(C)N1C. The number of benzene rings is 1. The van der Waals surface area contributed by atoms with Gasteiger partial charge in [-0.2, -0.15) is 0 Å². The summed E-state index contributed by atoms with van der Waals surface area (Å²) < 4.78 is 0. The summed E-state index contributed by atoms with van der Waals surface area (Å²) in [4.78, 5) is 2.26. The maximum atomic E-state index is 4.14. The Hall–Kier alpha value is -1.24. The molecule has 0 saturated heterocycles. The molecule has 0 N–H and O–H groups in total. The van der Waals surface area contributed by atoms with E-state index < -0.39 is 0 Å². The Bertz CT molecular complexity index is 379. The first kappa shape index (κ1) is 9.32. The first-order chi connectivity index (χ1) is 6.59. The Kier molecular flexibility index (Phi) is 2.10. The third kappa shape index (κ3) is 1.33. The molecular weight excluding hydrogens is 170 g/mol. The highest BCUT2D eigenvalue weighted by Crippen LogP contribution is 2.30. The third-order valence-electron chi connectivity index (χ3n) is 3.17. The summed E-state index contributed by atoms with van der Waals surface area (Å²) in [5, 5.41) is 0. The van der Waals surface area contributed by atoms with Gasteiger partial charge >= 0.3 is 0 Å². The summed E-state index contributed by atoms with van der Waals surface area (Å²) in [5.74, 6) is 0. The number of rotatable bonds is 0. The summed E-state index contributed by atoms with van der Waals surface area (Å²) in [7, 11) is 2.12. The van der Waals surface area contributed by atoms with Crippen LogP contribution in [-0.2, 0) is 6.42 Å². The van der Waals surface area contributed by atoms with Crippen LogP contribution in [0.5, 0.6) is 0 Å². The van der Waals surface area contributed by atoms with Crippen LogP contribution in [0.3, 0.4) is 0 Å². The van der Waals surface area contributed by atoms with Gasteiger partial charge in [-0.3, -0.25) is 0 Å². The van der Waals surface area contributed by atoms with Crippen molar-refractivity contribution < 1.29 is 0 Å². The van der Waals surface area contributed by atoms with Crippen molar-refractivity contribution in [3.63, 3.8) is 0 Å². The lowest BCUT2D eigenvalue weighted by Crippen LogP contribution is -2.33. The molecule has 14 heavy (non-hydrogen) atoms. The minimum Gasteiger partial charge on any atom is -0.372 e. The Morgan fingerprint density at radius 1 is 1.43 bits per heavy atom. The highest BCUT2D eigenvalue weighted by atomic mass is 15.1. The van der Waals surface area contributed by atoms with Crippen LogP contribution < -0.4 is 0 Å². The van der Waals surface area contributed by atoms with Gasteiger partial charge in [0.05, 0.1) is 0 Å². The van der Waals surface area contributed by atoms with Crippen LogP contribution in [0.2, 0.25) is 0 Å². The molecule has 0 spiro atoms. The van der Waals surface area contributed by atoms with E-state index >= 15 is 0 Å². The van der Waals surface area contributed by atoms with E-state index in [1.807, 2.05) is 0 Å². The summed E-state index contributed by atoms with van der Waals surface area (Å²) >= 11 is 0. The third-order valence-corrected chi connectivity index (χ3v) is 3.17. The Labute approximate surface area is 86.1 Å². The fourth-order valence-corrected chi connectivity index (χ4v) is 2.08. The Morgan fingerprint density at radius 2 is 2.14 bits per heavy atom. The van der Waals surface area contributed by atoms with E-state index in [-0.39, 0.29) is 0 Å². The standard InChI is InChI=1S/C13H17N/c1-9-5-6-13-11(3)14(4)10(2)8-12(13)7-9/h5-7,10H,3,8H2,1-2,4H3. The number of hydrogen-bond acceptors (Lipinski definition) is 1. The maximum Gasteiger partial charge on any atom is 0.0369 e. The predicted octanol–water partition coefficient (Wildman–Crippen LogP) is 2.84. The van der Waals surface area contributed by atoms with Crippen molar-refractivity contribution in [3.8, 4) is 0 Å². The topological polar surface area (TPSA) is 3.24 Å². The minimum atomic E-state index is 0.566. The molecule has 74 valence electrons. The summed E-state index contributed by atoms with van der Waals surface area (Å²) in [5.41, 5.74) is 5.25. The van der Waals surface area contributed by atoms with Gasteiger partial charge in [-0.1, -0.05) is 30.3 Å². The van der Waals surface area contributed by atoms with E-state index in [0.29, 0.717) is 6.04 Å². The van der Waals surface area contributed by atoms with Crippen LogP contribution in [-0.4, -0.2) is 18.0 Å². The molecule has 0 aliphatic carbocycles. The Balaban J connectivity index is 2.51. The lowest BCUT2D eigenvalue weighted by Gasteiger charge is -2.35.